The molecule has 0 amide bonds. The van der Waals surface area contributed by atoms with E-state index in [9.17, 15) is 8.42 Å². The molecule has 0 bridgehead atoms. The van der Waals surface area contributed by atoms with Crippen molar-refractivity contribution in [3.8, 4) is 0 Å². The Labute approximate surface area is 196 Å². The largest absolute Gasteiger partial charge is 0.443 e. The van der Waals surface area contributed by atoms with E-state index in [0.29, 0.717) is 30.5 Å². The van der Waals surface area contributed by atoms with E-state index >= 15 is 0 Å². The van der Waals surface area contributed by atoms with Crippen LogP contribution in [0.15, 0.2) is 44.8 Å². The Morgan fingerprint density at radius 2 is 1.87 bits per heavy atom. The third-order valence-corrected chi connectivity index (χ3v) is 6.10. The molecule has 2 aromatic rings. The smallest absolute Gasteiger partial charge is 0.242 e. The molecule has 0 saturated heterocycles. The lowest BCUT2D eigenvalue weighted by Crippen LogP contribution is -2.37. The van der Waals surface area contributed by atoms with Gasteiger partial charge in [-0.2, -0.15) is 0 Å². The minimum absolute atomic E-state index is 0. The monoisotopic (exact) mass is 549 g/mol. The summed E-state index contributed by atoms with van der Waals surface area (Å²) in [5.41, 5.74) is 0.524. The molecule has 0 radical (unpaired) electrons. The van der Waals surface area contributed by atoms with Crippen molar-refractivity contribution in [2.75, 3.05) is 20.6 Å². The maximum absolute atomic E-state index is 12.5. The highest BCUT2D eigenvalue weighted by molar-refractivity contribution is 14.0. The van der Waals surface area contributed by atoms with Crippen molar-refractivity contribution in [2.24, 2.45) is 4.99 Å². The highest BCUT2D eigenvalue weighted by Crippen LogP contribution is 2.22. The molecule has 1 aromatic heterocycles. The van der Waals surface area contributed by atoms with Gasteiger partial charge in [-0.3, -0.25) is 0 Å². The van der Waals surface area contributed by atoms with Crippen LogP contribution < -0.4 is 10.6 Å². The summed E-state index contributed by atoms with van der Waals surface area (Å²) in [4.78, 5) is 9.09. The highest BCUT2D eigenvalue weighted by Gasteiger charge is 2.21. The van der Waals surface area contributed by atoms with Crippen LogP contribution in [0.25, 0.3) is 0 Å². The van der Waals surface area contributed by atoms with Crippen LogP contribution in [0.1, 0.15) is 44.9 Å². The van der Waals surface area contributed by atoms with Crippen molar-refractivity contribution in [1.29, 1.82) is 0 Å². The van der Waals surface area contributed by atoms with Crippen molar-refractivity contribution in [2.45, 2.75) is 51.1 Å². The summed E-state index contributed by atoms with van der Waals surface area (Å²) < 4.78 is 32.1. The van der Waals surface area contributed by atoms with Gasteiger partial charge >= 0.3 is 0 Å². The molecule has 0 saturated carbocycles. The van der Waals surface area contributed by atoms with Crippen LogP contribution in [0.3, 0.4) is 0 Å². The summed E-state index contributed by atoms with van der Waals surface area (Å²) in [6.07, 6.45) is 1.74. The summed E-state index contributed by atoms with van der Waals surface area (Å²) in [5.74, 6) is 1.94. The van der Waals surface area contributed by atoms with Gasteiger partial charge < -0.3 is 15.1 Å². The number of halogens is 1. The molecular weight excluding hydrogens is 517 g/mol. The zero-order valence-corrected chi connectivity index (χ0v) is 21.5. The van der Waals surface area contributed by atoms with Crippen molar-refractivity contribution in [3.05, 3.63) is 47.7 Å². The molecule has 0 aliphatic heterocycles. The number of guanidine groups is 1. The second-order valence-corrected chi connectivity index (χ2v) is 9.93. The van der Waals surface area contributed by atoms with Gasteiger partial charge in [-0.1, -0.05) is 39.0 Å². The fraction of sp³-hybridized carbons (Fsp3) is 0.500. The van der Waals surface area contributed by atoms with Gasteiger partial charge in [-0.25, -0.2) is 22.7 Å². The maximum Gasteiger partial charge on any atom is 0.242 e. The number of hydrogen-bond acceptors (Lipinski definition) is 5. The van der Waals surface area contributed by atoms with Crippen LogP contribution in [0.5, 0.6) is 0 Å². The minimum Gasteiger partial charge on any atom is -0.443 e. The molecule has 0 aliphatic carbocycles. The first-order valence-electron chi connectivity index (χ1n) is 9.53. The number of aromatic nitrogens is 1. The molecule has 8 nitrogen and oxygen atoms in total. The molecule has 0 spiro atoms. The molecule has 10 heteroatoms. The Morgan fingerprint density at radius 1 is 1.20 bits per heavy atom. The topological polar surface area (TPSA) is 99.8 Å². The number of hydrogen-bond donors (Lipinski definition) is 2. The third kappa shape index (κ3) is 6.95. The van der Waals surface area contributed by atoms with E-state index in [0.717, 1.165) is 5.76 Å². The van der Waals surface area contributed by atoms with Crippen LogP contribution in [-0.4, -0.2) is 44.3 Å². The maximum atomic E-state index is 12.5. The quantitative estimate of drug-likeness (QED) is 0.313. The first-order valence-corrected chi connectivity index (χ1v) is 11.0. The summed E-state index contributed by atoms with van der Waals surface area (Å²) in [7, 11) is -0.502. The Balaban J connectivity index is 0.00000450. The highest BCUT2D eigenvalue weighted by atomic mass is 127. The van der Waals surface area contributed by atoms with E-state index in [1.807, 2.05) is 6.92 Å². The third-order valence-electron chi connectivity index (χ3n) is 4.18. The first kappa shape index (κ1) is 26.4. The number of oxazole rings is 1. The lowest BCUT2D eigenvalue weighted by atomic mass is 9.94. The van der Waals surface area contributed by atoms with Crippen LogP contribution in [-0.2, 0) is 28.5 Å². The standard InChI is InChI=1S/C20H31N5O3S.HI/c1-7-21-19(24-14-18-22-13-17(28-18)20(2,3)4)23-12-15-10-8-9-11-16(15)29(26,27)25(5)6;/h8-11,13H,7,12,14H2,1-6H3,(H2,21,23,24);1H. The van der Waals surface area contributed by atoms with Crippen LogP contribution in [0, 0.1) is 0 Å². The van der Waals surface area contributed by atoms with E-state index in [1.54, 1.807) is 30.5 Å². The Morgan fingerprint density at radius 3 is 2.43 bits per heavy atom. The van der Waals surface area contributed by atoms with E-state index in [2.05, 4.69) is 41.4 Å². The molecule has 0 unspecified atom stereocenters. The molecular formula is C20H32IN5O3S. The zero-order valence-electron chi connectivity index (χ0n) is 18.4. The summed E-state index contributed by atoms with van der Waals surface area (Å²) in [6.45, 7) is 9.42. The van der Waals surface area contributed by atoms with E-state index in [1.165, 1.54) is 18.4 Å². The summed E-state index contributed by atoms with van der Waals surface area (Å²) in [6, 6.07) is 6.89. The molecule has 1 aromatic carbocycles. The molecule has 0 aliphatic rings. The molecule has 2 rings (SSSR count). The molecule has 1 heterocycles. The number of rotatable bonds is 7. The van der Waals surface area contributed by atoms with Crippen LogP contribution in [0.2, 0.25) is 0 Å². The van der Waals surface area contributed by atoms with Gasteiger partial charge in [0.2, 0.25) is 15.9 Å². The summed E-state index contributed by atoms with van der Waals surface area (Å²) in [5, 5.41) is 6.33. The van der Waals surface area contributed by atoms with E-state index < -0.39 is 10.0 Å². The van der Waals surface area contributed by atoms with Gasteiger partial charge in [0, 0.05) is 26.1 Å². The minimum atomic E-state index is -3.54. The molecule has 0 atom stereocenters. The van der Waals surface area contributed by atoms with Crippen LogP contribution >= 0.6 is 24.0 Å². The number of benzene rings is 1. The number of aliphatic imine (C=N–C) groups is 1. The molecule has 0 fully saturated rings. The molecule has 2 N–H and O–H groups in total. The van der Waals surface area contributed by atoms with E-state index in [4.69, 9.17) is 4.42 Å². The van der Waals surface area contributed by atoms with Crippen molar-refractivity contribution in [3.63, 3.8) is 0 Å². The number of nitrogens with one attached hydrogen (secondary N) is 2. The van der Waals surface area contributed by atoms with E-state index in [-0.39, 0.29) is 40.8 Å². The van der Waals surface area contributed by atoms with Gasteiger partial charge in [0.15, 0.2) is 5.96 Å². The van der Waals surface area contributed by atoms with Crippen molar-refractivity contribution >= 4 is 40.0 Å². The average molecular weight is 549 g/mol. The SMILES string of the molecule is CCNC(=NCc1ccccc1S(=O)(=O)N(C)C)NCc1ncc(C(C)(C)C)o1.I. The van der Waals surface area contributed by atoms with Gasteiger partial charge in [0.1, 0.15) is 5.76 Å². The Hall–Kier alpha value is -1.66. The van der Waals surface area contributed by atoms with Gasteiger partial charge in [0.25, 0.3) is 0 Å². The Kier molecular flexibility index (Phi) is 9.76. The van der Waals surface area contributed by atoms with Crippen LogP contribution in [0.4, 0.5) is 0 Å². The summed E-state index contributed by atoms with van der Waals surface area (Å²) >= 11 is 0. The van der Waals surface area contributed by atoms with Crippen molar-refractivity contribution < 1.29 is 12.8 Å². The van der Waals surface area contributed by atoms with Crippen molar-refractivity contribution in [1.82, 2.24) is 19.9 Å². The molecule has 168 valence electrons. The first-order chi connectivity index (χ1) is 13.6. The second kappa shape index (κ2) is 11.1. The second-order valence-electron chi connectivity index (χ2n) is 7.81. The average Bonchev–Trinajstić information content (AvgIpc) is 3.13. The lowest BCUT2D eigenvalue weighted by Gasteiger charge is -2.15. The fourth-order valence-electron chi connectivity index (χ4n) is 2.49. The predicted octanol–water partition coefficient (Wildman–Crippen LogP) is 3.10. The zero-order chi connectivity index (χ0) is 21.7. The number of sulfonamides is 1. The Bertz CT molecular complexity index is 949. The predicted molar refractivity (Wildman–Crippen MR) is 130 cm³/mol. The lowest BCUT2D eigenvalue weighted by molar-refractivity contribution is 0.379. The van der Waals surface area contributed by atoms with Gasteiger partial charge in [0.05, 0.1) is 24.2 Å². The number of nitrogens with zero attached hydrogens (tertiary/aromatic N) is 3. The fourth-order valence-corrected chi connectivity index (χ4v) is 3.59. The molecule has 30 heavy (non-hydrogen) atoms. The van der Waals surface area contributed by atoms with Gasteiger partial charge in [-0.15, -0.1) is 24.0 Å². The normalized spacial score (nSPS) is 12.6. The van der Waals surface area contributed by atoms with Gasteiger partial charge in [-0.05, 0) is 18.6 Å².